The van der Waals surface area contributed by atoms with Crippen LogP contribution in [0, 0.1) is 11.3 Å². The Bertz CT molecular complexity index is 2170. The fraction of sp³-hybridized carbons (Fsp3) is 0.475. The number of alkyl halides is 3. The molecule has 2 aromatic carbocycles. The van der Waals surface area contributed by atoms with E-state index in [-0.39, 0.29) is 42.1 Å². The number of carbonyl (C=O) groups excluding carboxylic acids is 5. The van der Waals surface area contributed by atoms with E-state index in [1.54, 1.807) is 42.9 Å². The number of likely N-dealkylation sites (tertiary alicyclic amines) is 1. The first-order valence-corrected chi connectivity index (χ1v) is 19.0. The Morgan fingerprint density at radius 3 is 2.27 bits per heavy atom. The molecule has 2 N–H and O–H groups in total. The summed E-state index contributed by atoms with van der Waals surface area (Å²) in [6.45, 7) is 5.09. The second kappa shape index (κ2) is 13.9. The number of nitrogens with one attached hydrogen (secondary N) is 2. The number of anilines is 2. The van der Waals surface area contributed by atoms with E-state index in [4.69, 9.17) is 5.26 Å². The summed E-state index contributed by atoms with van der Waals surface area (Å²) in [7, 11) is 0. The number of nitriles is 1. The molecular weight excluding hydrogens is 729 g/mol. The number of carbonyl (C=O) groups is 5. The number of halogens is 3. The van der Waals surface area contributed by atoms with Crippen molar-refractivity contribution in [1.29, 1.82) is 5.26 Å². The predicted molar refractivity (Wildman–Crippen MR) is 195 cm³/mol. The largest absolute Gasteiger partial charge is 0.417 e. The van der Waals surface area contributed by atoms with Crippen LogP contribution >= 0.6 is 0 Å². The maximum absolute atomic E-state index is 13.5. The molecule has 5 aliphatic rings. The van der Waals surface area contributed by atoms with Gasteiger partial charge in [0.25, 0.3) is 17.7 Å². The van der Waals surface area contributed by atoms with Gasteiger partial charge in [-0.15, -0.1) is 0 Å². The molecule has 5 amide bonds. The quantitative estimate of drug-likeness (QED) is 0.318. The first kappa shape index (κ1) is 37.4. The number of aromatic nitrogens is 2. The summed E-state index contributed by atoms with van der Waals surface area (Å²) in [5.74, 6) is -2.37. The van der Waals surface area contributed by atoms with Gasteiger partial charge in [0.2, 0.25) is 11.8 Å². The third-order valence-corrected chi connectivity index (χ3v) is 12.4. The van der Waals surface area contributed by atoms with E-state index >= 15 is 0 Å². The second-order valence-electron chi connectivity index (χ2n) is 16.0. The van der Waals surface area contributed by atoms with Crippen molar-refractivity contribution in [1.82, 2.24) is 24.9 Å². The predicted octanol–water partition coefficient (Wildman–Crippen LogP) is 4.93. The number of fused-ring (bicyclic) bond motifs is 3. The molecule has 0 spiro atoms. The van der Waals surface area contributed by atoms with Crippen LogP contribution in [0.15, 0.2) is 48.8 Å². The van der Waals surface area contributed by atoms with Crippen LogP contribution in [0.1, 0.15) is 109 Å². The summed E-state index contributed by atoms with van der Waals surface area (Å²) in [6.07, 6.45) is 4.85. The smallest absolute Gasteiger partial charge is 0.365 e. The average Bonchev–Trinajstić information content (AvgIpc) is 3.84. The molecule has 16 heteroatoms. The fourth-order valence-corrected chi connectivity index (χ4v) is 9.28. The highest BCUT2D eigenvalue weighted by Gasteiger charge is 2.47. The van der Waals surface area contributed by atoms with E-state index in [1.807, 2.05) is 12.3 Å². The van der Waals surface area contributed by atoms with Crippen molar-refractivity contribution in [2.45, 2.75) is 107 Å². The van der Waals surface area contributed by atoms with Gasteiger partial charge in [-0.2, -0.15) is 23.5 Å². The van der Waals surface area contributed by atoms with Crippen molar-refractivity contribution in [3.63, 3.8) is 0 Å². The van der Waals surface area contributed by atoms with E-state index in [1.165, 1.54) is 6.07 Å². The molecule has 1 aromatic heterocycles. The van der Waals surface area contributed by atoms with Crippen molar-refractivity contribution in [2.75, 3.05) is 23.3 Å². The van der Waals surface area contributed by atoms with Crippen LogP contribution in [0.3, 0.4) is 0 Å². The minimum atomic E-state index is -4.74. The van der Waals surface area contributed by atoms with Crippen LogP contribution in [0.2, 0.25) is 0 Å². The minimum Gasteiger partial charge on any atom is -0.365 e. The molecule has 13 nitrogen and oxygen atoms in total. The van der Waals surface area contributed by atoms with Gasteiger partial charge in [0.15, 0.2) is 0 Å². The number of amides is 5. The first-order chi connectivity index (χ1) is 26.6. The van der Waals surface area contributed by atoms with Gasteiger partial charge in [0.1, 0.15) is 11.6 Å². The van der Waals surface area contributed by atoms with Gasteiger partial charge in [-0.3, -0.25) is 38.9 Å². The molecule has 6 heterocycles. The van der Waals surface area contributed by atoms with Crippen molar-refractivity contribution >= 4 is 40.9 Å². The van der Waals surface area contributed by atoms with Crippen molar-refractivity contribution in [3.05, 3.63) is 76.6 Å². The zero-order valence-electron chi connectivity index (χ0n) is 30.9. The van der Waals surface area contributed by atoms with Gasteiger partial charge >= 0.3 is 6.18 Å². The van der Waals surface area contributed by atoms with E-state index in [0.717, 1.165) is 79.9 Å². The topological polar surface area (TPSA) is 161 Å². The molecule has 3 unspecified atom stereocenters. The Kier molecular flexibility index (Phi) is 9.26. The Hall–Kier alpha value is -5.56. The standard InChI is InChI=1S/C40H41F3N8O5/c1-39(2,38(56)46-25-4-3-23(19-44)32(15-25)40(41,42)43)49-21-24(20-45-49)22-11-13-48(14-12-22)29-16-26-5-6-27(17-29)50(26)28-7-8-30-31(18-28)37(55)51(36(30)54)33-9-10-34(52)47-35(33)53/h3-4,7-8,15,18,20-22,26-27,29,33H,5-6,9-14,16-17H2,1-2H3,(H,46,56)(H,47,52,53). The average molecular weight is 771 g/mol. The molecule has 0 aliphatic carbocycles. The molecule has 8 rings (SSSR count). The molecular formula is C40H41F3N8O5. The van der Waals surface area contributed by atoms with E-state index in [9.17, 15) is 37.1 Å². The number of hydrogen-bond acceptors (Lipinski definition) is 9. The maximum Gasteiger partial charge on any atom is 0.417 e. The number of imide groups is 2. The summed E-state index contributed by atoms with van der Waals surface area (Å²) >= 11 is 0. The Labute approximate surface area is 320 Å². The van der Waals surface area contributed by atoms with Crippen molar-refractivity contribution < 1.29 is 37.1 Å². The molecule has 3 atom stereocenters. The van der Waals surface area contributed by atoms with Crippen LogP contribution < -0.4 is 15.5 Å². The lowest BCUT2D eigenvalue weighted by Crippen LogP contribution is -2.54. The molecule has 4 saturated heterocycles. The summed E-state index contributed by atoms with van der Waals surface area (Å²) in [5.41, 5.74) is -0.450. The molecule has 2 bridgehead atoms. The van der Waals surface area contributed by atoms with Gasteiger partial charge in [-0.1, -0.05) is 0 Å². The lowest BCUT2D eigenvalue weighted by atomic mass is 9.88. The normalized spacial score (nSPS) is 24.6. The van der Waals surface area contributed by atoms with Gasteiger partial charge in [-0.05, 0) is 120 Å². The van der Waals surface area contributed by atoms with Gasteiger partial charge in [0, 0.05) is 42.1 Å². The Balaban J connectivity index is 0.877. The van der Waals surface area contributed by atoms with Crippen molar-refractivity contribution in [2.24, 2.45) is 0 Å². The molecule has 3 aromatic rings. The summed E-state index contributed by atoms with van der Waals surface area (Å²) < 4.78 is 42.0. The maximum atomic E-state index is 13.5. The second-order valence-corrected chi connectivity index (χ2v) is 16.0. The van der Waals surface area contributed by atoms with E-state index < -0.39 is 58.4 Å². The highest BCUT2D eigenvalue weighted by molar-refractivity contribution is 6.23. The molecule has 0 saturated carbocycles. The molecule has 4 fully saturated rings. The Morgan fingerprint density at radius 2 is 1.61 bits per heavy atom. The number of hydrogen-bond donors (Lipinski definition) is 2. The van der Waals surface area contributed by atoms with Crippen LogP contribution in [0.25, 0.3) is 0 Å². The Morgan fingerprint density at radius 1 is 0.911 bits per heavy atom. The third kappa shape index (κ3) is 6.51. The van der Waals surface area contributed by atoms with Crippen LogP contribution in [0.5, 0.6) is 0 Å². The fourth-order valence-electron chi connectivity index (χ4n) is 9.28. The van der Waals surface area contributed by atoms with Gasteiger partial charge < -0.3 is 15.1 Å². The summed E-state index contributed by atoms with van der Waals surface area (Å²) in [6, 6.07) is 9.96. The minimum absolute atomic E-state index is 0.0642. The summed E-state index contributed by atoms with van der Waals surface area (Å²) in [4.78, 5) is 70.2. The number of rotatable bonds is 7. The number of piperidine rings is 3. The molecule has 5 aliphatic heterocycles. The lowest BCUT2D eigenvalue weighted by Gasteiger charge is -2.46. The third-order valence-electron chi connectivity index (χ3n) is 12.4. The van der Waals surface area contributed by atoms with Crippen molar-refractivity contribution in [3.8, 4) is 6.07 Å². The molecule has 56 heavy (non-hydrogen) atoms. The summed E-state index contributed by atoms with van der Waals surface area (Å²) in [5, 5.41) is 18.4. The SMILES string of the molecule is CC(C)(C(=O)Nc1ccc(C#N)c(C(F)(F)F)c1)n1cc(C2CCN(C3CC4CCC(C3)N4c3ccc4c(c3)C(=O)N(C3CCC(=O)NC3=O)C4=O)CC2)cn1. The number of benzene rings is 2. The molecule has 0 radical (unpaired) electrons. The van der Waals surface area contributed by atoms with Crippen LogP contribution in [-0.2, 0) is 26.1 Å². The lowest BCUT2D eigenvalue weighted by molar-refractivity contribution is -0.138. The van der Waals surface area contributed by atoms with Gasteiger partial charge in [-0.25, -0.2) is 0 Å². The van der Waals surface area contributed by atoms with Gasteiger partial charge in [0.05, 0.1) is 34.5 Å². The van der Waals surface area contributed by atoms with Crippen LogP contribution in [-0.4, -0.2) is 86.4 Å². The van der Waals surface area contributed by atoms with E-state index in [2.05, 4.69) is 25.5 Å². The highest BCUT2D eigenvalue weighted by atomic mass is 19.4. The highest BCUT2D eigenvalue weighted by Crippen LogP contribution is 2.43. The van der Waals surface area contributed by atoms with E-state index in [0.29, 0.717) is 11.6 Å². The zero-order valence-corrected chi connectivity index (χ0v) is 30.9. The first-order valence-electron chi connectivity index (χ1n) is 19.0. The molecule has 292 valence electrons. The monoisotopic (exact) mass is 770 g/mol. The van der Waals surface area contributed by atoms with Crippen LogP contribution in [0.4, 0.5) is 24.5 Å². The number of nitrogens with zero attached hydrogens (tertiary/aromatic N) is 6. The zero-order chi connectivity index (χ0) is 39.7.